The summed E-state index contributed by atoms with van der Waals surface area (Å²) in [5, 5.41) is 18.8. The SMILES string of the molecule is CC(C)(O)C12CCC(c3ccnc(NCC4CCC5(c6nc(C7CC7)no6)CCCC4C5)n3)(CC1)CC2. The third kappa shape index (κ3) is 4.02. The standard InChI is InChI=1S/C30H43N5O2/c1-27(2,36)30-14-11-28(12-15-30,13-16-30)23-8-17-31-26(33-23)32-19-22-7-10-29(9-3-4-21(22)18-29)25-34-24(35-37-25)20-5-6-20/h8,17,20-22,36H,3-7,9-16,18-19H2,1-2H3,(H,31,32,33). The first kappa shape index (κ1) is 24.1. The zero-order chi connectivity index (χ0) is 25.3. The topological polar surface area (TPSA) is 97.0 Å². The smallest absolute Gasteiger partial charge is 0.232 e. The van der Waals surface area contributed by atoms with Crippen LogP contribution in [0.3, 0.4) is 0 Å². The van der Waals surface area contributed by atoms with Gasteiger partial charge in [-0.15, -0.1) is 0 Å². The molecule has 7 nitrogen and oxygen atoms in total. The van der Waals surface area contributed by atoms with Gasteiger partial charge in [-0.25, -0.2) is 9.97 Å². The Morgan fingerprint density at radius 3 is 2.49 bits per heavy atom. The number of rotatable bonds is 7. The first-order chi connectivity index (χ1) is 17.8. The van der Waals surface area contributed by atoms with Gasteiger partial charge in [-0.1, -0.05) is 18.0 Å². The van der Waals surface area contributed by atoms with E-state index in [2.05, 4.69) is 21.5 Å². The summed E-state index contributed by atoms with van der Waals surface area (Å²) in [5.74, 6) is 4.55. The molecule has 0 radical (unpaired) electrons. The fraction of sp³-hybridized carbons (Fsp3) is 0.800. The molecule has 8 rings (SSSR count). The summed E-state index contributed by atoms with van der Waals surface area (Å²) in [6, 6.07) is 2.14. The highest BCUT2D eigenvalue weighted by Gasteiger charge is 2.55. The molecule has 200 valence electrons. The lowest BCUT2D eigenvalue weighted by Gasteiger charge is -2.57. The van der Waals surface area contributed by atoms with Crippen molar-refractivity contribution < 1.29 is 9.63 Å². The Labute approximate surface area is 220 Å². The van der Waals surface area contributed by atoms with Gasteiger partial charge in [0.15, 0.2) is 5.82 Å². The lowest BCUT2D eigenvalue weighted by atomic mass is 9.49. The van der Waals surface area contributed by atoms with Crippen LogP contribution in [0.2, 0.25) is 0 Å². The summed E-state index contributed by atoms with van der Waals surface area (Å²) in [4.78, 5) is 14.6. The Morgan fingerprint density at radius 2 is 1.76 bits per heavy atom. The number of anilines is 1. The quantitative estimate of drug-likeness (QED) is 0.473. The van der Waals surface area contributed by atoms with Gasteiger partial charge < -0.3 is 14.9 Å². The van der Waals surface area contributed by atoms with E-state index in [9.17, 15) is 5.11 Å². The van der Waals surface area contributed by atoms with E-state index in [1.54, 1.807) is 0 Å². The molecular formula is C30H43N5O2. The highest BCUT2D eigenvalue weighted by atomic mass is 16.5. The van der Waals surface area contributed by atoms with Crippen molar-refractivity contribution in [2.45, 2.75) is 126 Å². The summed E-state index contributed by atoms with van der Waals surface area (Å²) in [6.45, 7) is 4.95. The van der Waals surface area contributed by atoms with Crippen molar-refractivity contribution in [3.8, 4) is 0 Å². The number of nitrogens with one attached hydrogen (secondary N) is 1. The lowest BCUT2D eigenvalue weighted by molar-refractivity contribution is -0.120. The third-order valence-corrected chi connectivity index (χ3v) is 11.6. The van der Waals surface area contributed by atoms with E-state index in [0.717, 1.165) is 69.2 Å². The number of nitrogens with zero attached hydrogens (tertiary/aromatic N) is 4. The molecule has 2 heterocycles. The van der Waals surface area contributed by atoms with Crippen LogP contribution < -0.4 is 5.32 Å². The Hall–Kier alpha value is -2.02. The van der Waals surface area contributed by atoms with Crippen molar-refractivity contribution in [2.75, 3.05) is 11.9 Å². The Morgan fingerprint density at radius 1 is 0.973 bits per heavy atom. The van der Waals surface area contributed by atoms with Gasteiger partial charge in [0.25, 0.3) is 0 Å². The van der Waals surface area contributed by atoms with Gasteiger partial charge >= 0.3 is 0 Å². The monoisotopic (exact) mass is 505 g/mol. The summed E-state index contributed by atoms with van der Waals surface area (Å²) in [7, 11) is 0. The van der Waals surface area contributed by atoms with Crippen LogP contribution in [0.25, 0.3) is 0 Å². The van der Waals surface area contributed by atoms with Crippen LogP contribution in [-0.2, 0) is 10.8 Å². The van der Waals surface area contributed by atoms with E-state index < -0.39 is 5.60 Å². The van der Waals surface area contributed by atoms with Gasteiger partial charge in [-0.2, -0.15) is 4.98 Å². The maximum Gasteiger partial charge on any atom is 0.232 e. The van der Waals surface area contributed by atoms with Crippen LogP contribution in [0, 0.1) is 17.3 Å². The van der Waals surface area contributed by atoms with Crippen LogP contribution in [-0.4, -0.2) is 37.4 Å². The molecule has 0 aliphatic heterocycles. The molecular weight excluding hydrogens is 462 g/mol. The average molecular weight is 506 g/mol. The molecule has 3 atom stereocenters. The van der Waals surface area contributed by atoms with Crippen molar-refractivity contribution in [3.63, 3.8) is 0 Å². The minimum atomic E-state index is -0.600. The molecule has 6 aliphatic rings. The summed E-state index contributed by atoms with van der Waals surface area (Å²) in [5.41, 5.74) is 0.952. The van der Waals surface area contributed by atoms with Crippen molar-refractivity contribution >= 4 is 5.95 Å². The Balaban J connectivity index is 1.00. The van der Waals surface area contributed by atoms with Crippen LogP contribution in [0.5, 0.6) is 0 Å². The van der Waals surface area contributed by atoms with Gasteiger partial charge in [0, 0.05) is 29.5 Å². The van der Waals surface area contributed by atoms with Gasteiger partial charge in [-0.3, -0.25) is 0 Å². The second-order valence-electron chi connectivity index (χ2n) is 13.9. The Bertz CT molecular complexity index is 1130. The van der Waals surface area contributed by atoms with Crippen molar-refractivity contribution in [3.05, 3.63) is 29.7 Å². The molecule has 4 bridgehead atoms. The number of aromatic nitrogens is 4. The van der Waals surface area contributed by atoms with Crippen molar-refractivity contribution in [1.29, 1.82) is 0 Å². The summed E-state index contributed by atoms with van der Waals surface area (Å²) < 4.78 is 5.85. The van der Waals surface area contributed by atoms with Gasteiger partial charge in [0.2, 0.25) is 11.8 Å². The zero-order valence-corrected chi connectivity index (χ0v) is 22.6. The van der Waals surface area contributed by atoms with Gasteiger partial charge in [0.05, 0.1) is 11.3 Å². The minimum absolute atomic E-state index is 0.0831. The average Bonchev–Trinajstić information content (AvgIpc) is 3.64. The molecule has 6 aliphatic carbocycles. The predicted molar refractivity (Wildman–Crippen MR) is 141 cm³/mol. The molecule has 6 fully saturated rings. The molecule has 6 saturated carbocycles. The first-order valence-electron chi connectivity index (χ1n) is 14.9. The molecule has 0 saturated heterocycles. The number of fused-ring (bicyclic) bond motifs is 5. The van der Waals surface area contributed by atoms with E-state index >= 15 is 0 Å². The van der Waals surface area contributed by atoms with E-state index in [-0.39, 0.29) is 16.2 Å². The van der Waals surface area contributed by atoms with Gasteiger partial charge in [0.1, 0.15) is 0 Å². The molecule has 3 unspecified atom stereocenters. The number of hydrogen-bond donors (Lipinski definition) is 2. The van der Waals surface area contributed by atoms with E-state index in [1.165, 1.54) is 50.6 Å². The summed E-state index contributed by atoms with van der Waals surface area (Å²) >= 11 is 0. The van der Waals surface area contributed by atoms with Crippen molar-refractivity contribution in [1.82, 2.24) is 20.1 Å². The fourth-order valence-corrected chi connectivity index (χ4v) is 8.71. The maximum atomic E-state index is 10.8. The van der Waals surface area contributed by atoms with E-state index in [0.29, 0.717) is 17.8 Å². The highest BCUT2D eigenvalue weighted by molar-refractivity contribution is 5.31. The maximum absolute atomic E-state index is 10.8. The largest absolute Gasteiger partial charge is 0.390 e. The van der Waals surface area contributed by atoms with Crippen LogP contribution in [0.4, 0.5) is 5.95 Å². The number of hydrogen-bond acceptors (Lipinski definition) is 7. The second kappa shape index (κ2) is 8.49. The van der Waals surface area contributed by atoms with Crippen LogP contribution >= 0.6 is 0 Å². The van der Waals surface area contributed by atoms with E-state index in [1.807, 2.05) is 20.0 Å². The van der Waals surface area contributed by atoms with Crippen molar-refractivity contribution in [2.24, 2.45) is 17.3 Å². The molecule has 2 aromatic rings. The molecule has 2 aromatic heterocycles. The predicted octanol–water partition coefficient (Wildman–Crippen LogP) is 6.05. The molecule has 2 N–H and O–H groups in total. The molecule has 0 aromatic carbocycles. The lowest BCUT2D eigenvalue weighted by Crippen LogP contribution is -2.54. The second-order valence-corrected chi connectivity index (χ2v) is 13.9. The number of aliphatic hydroxyl groups is 1. The Kier molecular flexibility index (Phi) is 5.52. The molecule has 7 heteroatoms. The first-order valence-corrected chi connectivity index (χ1v) is 14.9. The minimum Gasteiger partial charge on any atom is -0.390 e. The zero-order valence-electron chi connectivity index (χ0n) is 22.6. The highest BCUT2D eigenvalue weighted by Crippen LogP contribution is 2.61. The third-order valence-electron chi connectivity index (χ3n) is 11.6. The normalized spacial score (nSPS) is 37.5. The fourth-order valence-electron chi connectivity index (χ4n) is 8.71. The van der Waals surface area contributed by atoms with Crippen LogP contribution in [0.1, 0.15) is 127 Å². The summed E-state index contributed by atoms with van der Waals surface area (Å²) in [6.07, 6.45) is 18.3. The molecule has 37 heavy (non-hydrogen) atoms. The van der Waals surface area contributed by atoms with Crippen LogP contribution in [0.15, 0.2) is 16.8 Å². The molecule has 0 spiro atoms. The van der Waals surface area contributed by atoms with E-state index in [4.69, 9.17) is 14.5 Å². The van der Waals surface area contributed by atoms with Gasteiger partial charge in [-0.05, 0) is 114 Å². The molecule has 0 amide bonds.